The number of ketones is 1. The van der Waals surface area contributed by atoms with E-state index in [2.05, 4.69) is 0 Å². The first-order valence-corrected chi connectivity index (χ1v) is 3.30. The van der Waals surface area contributed by atoms with Crippen LogP contribution in [0.5, 0.6) is 0 Å². The van der Waals surface area contributed by atoms with Gasteiger partial charge in [-0.05, 0) is 18.2 Å². The molecule has 0 heterocycles. The molecule has 0 bridgehead atoms. The lowest BCUT2D eigenvalue weighted by molar-refractivity contribution is 0.0678. The van der Waals surface area contributed by atoms with Crippen molar-refractivity contribution < 1.29 is 22.4 Å². The van der Waals surface area contributed by atoms with Gasteiger partial charge in [0.25, 0.3) is 0 Å². The maximum Gasteiger partial charge on any atom is 0.300 e. The Hall–Kier alpha value is -1.39. The normalized spacial score (nSPS) is 10.5. The van der Waals surface area contributed by atoms with E-state index in [1.165, 1.54) is 0 Å². The molecule has 0 atom stereocenters. The summed E-state index contributed by atoms with van der Waals surface area (Å²) in [5.74, 6) is -4.00. The Labute approximate surface area is 71.0 Å². The highest BCUT2D eigenvalue weighted by Crippen LogP contribution is 2.12. The van der Waals surface area contributed by atoms with E-state index in [9.17, 15) is 22.4 Å². The number of alkyl halides is 2. The van der Waals surface area contributed by atoms with Gasteiger partial charge in [0.1, 0.15) is 0 Å². The monoisotopic (exact) mass is 192 g/mol. The zero-order chi connectivity index (χ0) is 10.0. The molecule has 1 aromatic rings. The van der Waals surface area contributed by atoms with Crippen molar-refractivity contribution in [2.24, 2.45) is 0 Å². The fourth-order valence-electron chi connectivity index (χ4n) is 0.775. The molecule has 0 aliphatic carbocycles. The van der Waals surface area contributed by atoms with Gasteiger partial charge in [-0.25, -0.2) is 17.6 Å². The summed E-state index contributed by atoms with van der Waals surface area (Å²) >= 11 is 0. The van der Waals surface area contributed by atoms with E-state index >= 15 is 0 Å². The first-order chi connectivity index (χ1) is 6.02. The lowest BCUT2D eigenvalue weighted by Gasteiger charge is -1.99. The second-order valence-electron chi connectivity index (χ2n) is 2.29. The number of hydrogen-bond donors (Lipinski definition) is 0. The number of benzene rings is 1. The Morgan fingerprint density at radius 3 is 2.23 bits per heavy atom. The van der Waals surface area contributed by atoms with Crippen LogP contribution in [-0.4, -0.2) is 12.2 Å². The lowest BCUT2D eigenvalue weighted by atomic mass is 10.1. The Balaban J connectivity index is 3.04. The molecule has 0 aromatic heterocycles. The van der Waals surface area contributed by atoms with Crippen molar-refractivity contribution in [2.45, 2.75) is 6.43 Å². The molecule has 13 heavy (non-hydrogen) atoms. The molecule has 1 nitrogen and oxygen atoms in total. The highest BCUT2D eigenvalue weighted by atomic mass is 19.3. The third-order valence-corrected chi connectivity index (χ3v) is 1.40. The molecule has 1 rings (SSSR count). The van der Waals surface area contributed by atoms with E-state index in [0.717, 1.165) is 6.07 Å². The topological polar surface area (TPSA) is 17.1 Å². The van der Waals surface area contributed by atoms with Crippen LogP contribution in [0.1, 0.15) is 10.4 Å². The van der Waals surface area contributed by atoms with Gasteiger partial charge in [0, 0.05) is 5.56 Å². The molecule has 0 fully saturated rings. The van der Waals surface area contributed by atoms with E-state index < -0.39 is 29.4 Å². The number of carbonyl (C=O) groups is 1. The summed E-state index contributed by atoms with van der Waals surface area (Å²) in [4.78, 5) is 10.6. The summed E-state index contributed by atoms with van der Waals surface area (Å²) in [6.45, 7) is 0. The van der Waals surface area contributed by atoms with Crippen LogP contribution in [0.25, 0.3) is 0 Å². The Bertz CT molecular complexity index is 335. The van der Waals surface area contributed by atoms with Crippen LogP contribution in [0.15, 0.2) is 18.2 Å². The minimum atomic E-state index is -3.20. The maximum absolute atomic E-state index is 12.4. The molecular formula is C8H4F4O. The van der Waals surface area contributed by atoms with Gasteiger partial charge in [-0.2, -0.15) is 0 Å². The standard InChI is InChI=1S/C8H4F4O/c9-5-2-1-4(3-6(5)10)7(13)8(11)12/h1-3,8H. The molecule has 0 aliphatic rings. The molecule has 0 saturated heterocycles. The van der Waals surface area contributed by atoms with Gasteiger partial charge in [-0.3, -0.25) is 4.79 Å². The van der Waals surface area contributed by atoms with E-state index in [-0.39, 0.29) is 0 Å². The van der Waals surface area contributed by atoms with Gasteiger partial charge >= 0.3 is 6.43 Å². The number of hydrogen-bond acceptors (Lipinski definition) is 1. The first kappa shape index (κ1) is 9.70. The molecule has 0 unspecified atom stereocenters. The van der Waals surface area contributed by atoms with Crippen molar-refractivity contribution in [3.8, 4) is 0 Å². The van der Waals surface area contributed by atoms with Gasteiger partial charge in [-0.1, -0.05) is 0 Å². The first-order valence-electron chi connectivity index (χ1n) is 3.30. The van der Waals surface area contributed by atoms with Crippen molar-refractivity contribution in [2.75, 3.05) is 0 Å². The summed E-state index contributed by atoms with van der Waals surface area (Å²) in [7, 11) is 0. The summed E-state index contributed by atoms with van der Waals surface area (Å²) in [6.07, 6.45) is -3.20. The molecule has 0 aliphatic heterocycles. The summed E-state index contributed by atoms with van der Waals surface area (Å²) in [5.41, 5.74) is -0.533. The van der Waals surface area contributed by atoms with Crippen molar-refractivity contribution in [3.05, 3.63) is 35.4 Å². The van der Waals surface area contributed by atoms with Crippen molar-refractivity contribution >= 4 is 5.78 Å². The number of rotatable bonds is 2. The van der Waals surface area contributed by atoms with Crippen LogP contribution in [0, 0.1) is 11.6 Å². The number of Topliss-reactive ketones (excluding diaryl/α,β-unsaturated/α-hetero) is 1. The average molecular weight is 192 g/mol. The van der Waals surface area contributed by atoms with Crippen LogP contribution >= 0.6 is 0 Å². The second-order valence-corrected chi connectivity index (χ2v) is 2.29. The number of carbonyl (C=O) groups excluding carboxylic acids is 1. The number of halogens is 4. The highest BCUT2D eigenvalue weighted by molar-refractivity contribution is 5.98. The summed E-state index contributed by atoms with van der Waals surface area (Å²) in [5, 5.41) is 0. The minimum absolute atomic E-state index is 0.448. The van der Waals surface area contributed by atoms with E-state index in [4.69, 9.17) is 0 Å². The fourth-order valence-corrected chi connectivity index (χ4v) is 0.775. The van der Waals surface area contributed by atoms with E-state index in [0.29, 0.717) is 12.1 Å². The Morgan fingerprint density at radius 2 is 1.77 bits per heavy atom. The van der Waals surface area contributed by atoms with Gasteiger partial charge in [0.2, 0.25) is 5.78 Å². The molecule has 5 heteroatoms. The second kappa shape index (κ2) is 3.55. The van der Waals surface area contributed by atoms with Gasteiger partial charge < -0.3 is 0 Å². The molecule has 0 saturated carbocycles. The largest absolute Gasteiger partial charge is 0.300 e. The van der Waals surface area contributed by atoms with Crippen LogP contribution in [-0.2, 0) is 0 Å². The molecule has 0 amide bonds. The summed E-state index contributed by atoms with van der Waals surface area (Å²) < 4.78 is 48.3. The van der Waals surface area contributed by atoms with E-state index in [1.54, 1.807) is 0 Å². The van der Waals surface area contributed by atoms with Gasteiger partial charge in [-0.15, -0.1) is 0 Å². The van der Waals surface area contributed by atoms with Gasteiger partial charge in [0.05, 0.1) is 0 Å². The van der Waals surface area contributed by atoms with Crippen LogP contribution in [0.4, 0.5) is 17.6 Å². The molecule has 0 radical (unpaired) electrons. The van der Waals surface area contributed by atoms with Crippen LogP contribution in [0.2, 0.25) is 0 Å². The Kier molecular flexibility index (Phi) is 2.65. The highest BCUT2D eigenvalue weighted by Gasteiger charge is 2.18. The van der Waals surface area contributed by atoms with Crippen LogP contribution < -0.4 is 0 Å². The Morgan fingerprint density at radius 1 is 1.15 bits per heavy atom. The summed E-state index contributed by atoms with van der Waals surface area (Å²) in [6, 6.07) is 1.89. The maximum atomic E-state index is 12.4. The average Bonchev–Trinajstić information content (AvgIpc) is 2.08. The molecule has 70 valence electrons. The SMILES string of the molecule is O=C(c1ccc(F)c(F)c1)C(F)F. The zero-order valence-corrected chi connectivity index (χ0v) is 6.23. The van der Waals surface area contributed by atoms with Crippen molar-refractivity contribution in [1.29, 1.82) is 0 Å². The van der Waals surface area contributed by atoms with E-state index in [1.807, 2.05) is 0 Å². The third-order valence-electron chi connectivity index (χ3n) is 1.40. The van der Waals surface area contributed by atoms with Crippen molar-refractivity contribution in [1.82, 2.24) is 0 Å². The quantitative estimate of drug-likeness (QED) is 0.519. The van der Waals surface area contributed by atoms with Crippen molar-refractivity contribution in [3.63, 3.8) is 0 Å². The predicted molar refractivity (Wildman–Crippen MR) is 36.7 cm³/mol. The molecular weight excluding hydrogens is 188 g/mol. The van der Waals surface area contributed by atoms with Gasteiger partial charge in [0.15, 0.2) is 11.6 Å². The smallest absolute Gasteiger partial charge is 0.288 e. The third kappa shape index (κ3) is 2.05. The molecule has 0 N–H and O–H groups in total. The fraction of sp³-hybridized carbons (Fsp3) is 0.125. The zero-order valence-electron chi connectivity index (χ0n) is 6.23. The lowest BCUT2D eigenvalue weighted by Crippen LogP contribution is -2.10. The molecule has 0 spiro atoms. The predicted octanol–water partition coefficient (Wildman–Crippen LogP) is 2.41. The molecule has 1 aromatic carbocycles. The van der Waals surface area contributed by atoms with Crippen LogP contribution in [0.3, 0.4) is 0 Å². The minimum Gasteiger partial charge on any atom is -0.288 e.